The number of Topliss-reactive ketones (excluding diaryl/α,β-unsaturated/α-hetero) is 2. The lowest BCUT2D eigenvalue weighted by Crippen LogP contribution is -2.33. The number of hydrogen-bond donors (Lipinski definition) is 2. The van der Waals surface area contributed by atoms with Crippen molar-refractivity contribution in [2.45, 2.75) is 37.9 Å². The van der Waals surface area contributed by atoms with E-state index in [2.05, 4.69) is 22.8 Å². The molecule has 0 aliphatic carbocycles. The fourth-order valence-corrected chi connectivity index (χ4v) is 6.39. The Balaban J connectivity index is 0.000000194. The van der Waals surface area contributed by atoms with Crippen molar-refractivity contribution in [1.82, 2.24) is 10.6 Å². The zero-order valence-corrected chi connectivity index (χ0v) is 29.1. The number of morpholine rings is 2. The Morgan fingerprint density at radius 1 is 0.640 bits per heavy atom. The summed E-state index contributed by atoms with van der Waals surface area (Å²) >= 11 is 12.7. The van der Waals surface area contributed by atoms with Gasteiger partial charge in [-0.3, -0.25) is 9.59 Å². The lowest BCUT2D eigenvalue weighted by Gasteiger charge is -2.24. The molecule has 4 aromatic rings. The molecule has 4 aromatic carbocycles. The molecule has 2 N–H and O–H groups in total. The highest BCUT2D eigenvalue weighted by Crippen LogP contribution is 2.27. The summed E-state index contributed by atoms with van der Waals surface area (Å²) in [6.07, 6.45) is 1.15. The number of ether oxygens (including phenoxy) is 2. The van der Waals surface area contributed by atoms with Gasteiger partial charge >= 0.3 is 0 Å². The minimum absolute atomic E-state index is 0.00437. The molecule has 0 saturated carbocycles. The average molecular weight is 710 g/mol. The van der Waals surface area contributed by atoms with E-state index in [9.17, 15) is 9.59 Å². The molecule has 0 unspecified atom stereocenters. The van der Waals surface area contributed by atoms with Crippen LogP contribution in [0, 0.1) is 22.7 Å². The standard InChI is InChI=1S/2C20H19ClN2O2/c2*21-19-11-17(20-13-23-6-7-25-20)5-4-16(19)10-18(24)9-14-2-1-3-15(8-14)12-22/h2*1-5,8,11,20,23H,6-7,9-10,13H2/t2*20-/m10/s1. The molecule has 0 radical (unpaired) electrons. The third kappa shape index (κ3) is 10.8. The Morgan fingerprint density at radius 3 is 1.44 bits per heavy atom. The first-order valence-corrected chi connectivity index (χ1v) is 17.3. The quantitative estimate of drug-likeness (QED) is 0.193. The third-order valence-corrected chi connectivity index (χ3v) is 9.15. The van der Waals surface area contributed by atoms with Gasteiger partial charge in [0.1, 0.15) is 11.6 Å². The average Bonchev–Trinajstić information content (AvgIpc) is 3.14. The van der Waals surface area contributed by atoms with Crippen LogP contribution in [-0.2, 0) is 44.7 Å². The molecule has 0 spiro atoms. The molecular formula is C40H38Cl2N4O4. The highest BCUT2D eigenvalue weighted by Gasteiger charge is 2.19. The predicted octanol–water partition coefficient (Wildman–Crippen LogP) is 6.45. The van der Waals surface area contributed by atoms with Gasteiger partial charge in [-0.05, 0) is 69.8 Å². The first-order chi connectivity index (χ1) is 24.3. The van der Waals surface area contributed by atoms with Gasteiger partial charge in [0, 0.05) is 61.9 Å². The van der Waals surface area contributed by atoms with E-state index in [1.165, 1.54) is 0 Å². The third-order valence-electron chi connectivity index (χ3n) is 8.44. The fourth-order valence-electron chi connectivity index (χ4n) is 5.88. The number of nitrogens with one attached hydrogen (secondary N) is 2. The zero-order valence-electron chi connectivity index (χ0n) is 27.6. The molecule has 0 bridgehead atoms. The second-order valence-corrected chi connectivity index (χ2v) is 13.1. The number of nitrogens with zero attached hydrogens (tertiary/aromatic N) is 2. The summed E-state index contributed by atoms with van der Waals surface area (Å²) in [4.78, 5) is 24.7. The fraction of sp³-hybridized carbons (Fsp3) is 0.300. The van der Waals surface area contributed by atoms with Crippen LogP contribution in [0.5, 0.6) is 0 Å². The van der Waals surface area contributed by atoms with Crippen LogP contribution in [0.2, 0.25) is 10.0 Å². The lowest BCUT2D eigenvalue weighted by atomic mass is 9.99. The Bertz CT molecular complexity index is 1750. The zero-order chi connectivity index (χ0) is 35.3. The molecule has 2 aliphatic heterocycles. The van der Waals surface area contributed by atoms with Gasteiger partial charge in [-0.2, -0.15) is 10.5 Å². The molecule has 0 amide bonds. The number of halogens is 2. The van der Waals surface area contributed by atoms with Crippen LogP contribution < -0.4 is 10.6 Å². The Morgan fingerprint density at radius 2 is 1.08 bits per heavy atom. The molecule has 10 heteroatoms. The second kappa shape index (κ2) is 18.6. The minimum atomic E-state index is 0.00437. The largest absolute Gasteiger partial charge is 0.371 e. The van der Waals surface area contributed by atoms with Gasteiger partial charge in [0.05, 0.1) is 48.7 Å². The summed E-state index contributed by atoms with van der Waals surface area (Å²) in [7, 11) is 0. The molecule has 2 saturated heterocycles. The summed E-state index contributed by atoms with van der Waals surface area (Å²) in [5.74, 6) is 0.139. The molecule has 2 heterocycles. The van der Waals surface area contributed by atoms with E-state index in [-0.39, 0.29) is 36.6 Å². The number of nitriles is 2. The predicted molar refractivity (Wildman–Crippen MR) is 193 cm³/mol. The maximum Gasteiger partial charge on any atom is 0.141 e. The number of rotatable bonds is 10. The molecule has 6 rings (SSSR count). The van der Waals surface area contributed by atoms with Crippen molar-refractivity contribution in [3.63, 3.8) is 0 Å². The Labute approximate surface area is 302 Å². The number of hydrogen-bond acceptors (Lipinski definition) is 8. The van der Waals surface area contributed by atoms with Gasteiger partial charge in [0.2, 0.25) is 0 Å². The lowest BCUT2D eigenvalue weighted by molar-refractivity contribution is -0.118. The van der Waals surface area contributed by atoms with Crippen molar-refractivity contribution < 1.29 is 19.1 Å². The minimum Gasteiger partial charge on any atom is -0.371 e. The van der Waals surface area contributed by atoms with E-state index in [0.717, 1.165) is 59.6 Å². The Kier molecular flexibility index (Phi) is 13.7. The van der Waals surface area contributed by atoms with Crippen LogP contribution in [0.1, 0.15) is 56.7 Å². The van der Waals surface area contributed by atoms with E-state index < -0.39 is 0 Å². The van der Waals surface area contributed by atoms with Crippen LogP contribution in [0.25, 0.3) is 0 Å². The van der Waals surface area contributed by atoms with Crippen molar-refractivity contribution in [3.05, 3.63) is 139 Å². The van der Waals surface area contributed by atoms with Gasteiger partial charge in [-0.15, -0.1) is 0 Å². The van der Waals surface area contributed by atoms with Gasteiger partial charge < -0.3 is 20.1 Å². The summed E-state index contributed by atoms with van der Waals surface area (Å²) in [6, 6.07) is 30.0. The van der Waals surface area contributed by atoms with Gasteiger partial charge in [0.25, 0.3) is 0 Å². The Hall–Kier alpha value is -4.38. The van der Waals surface area contributed by atoms with Crippen LogP contribution >= 0.6 is 23.2 Å². The maximum atomic E-state index is 12.3. The summed E-state index contributed by atoms with van der Waals surface area (Å²) in [6.45, 7) is 4.63. The smallest absolute Gasteiger partial charge is 0.141 e. The molecular weight excluding hydrogens is 671 g/mol. The number of carbonyl (C=O) groups excluding carboxylic acids is 2. The van der Waals surface area contributed by atoms with E-state index >= 15 is 0 Å². The number of ketones is 2. The number of carbonyl (C=O) groups is 2. The molecule has 50 heavy (non-hydrogen) atoms. The van der Waals surface area contributed by atoms with Crippen LogP contribution in [0.15, 0.2) is 84.9 Å². The van der Waals surface area contributed by atoms with Crippen molar-refractivity contribution in [2.24, 2.45) is 0 Å². The van der Waals surface area contributed by atoms with Gasteiger partial charge in [0.15, 0.2) is 0 Å². The maximum absolute atomic E-state index is 12.3. The van der Waals surface area contributed by atoms with Crippen molar-refractivity contribution >= 4 is 34.8 Å². The molecule has 2 fully saturated rings. The highest BCUT2D eigenvalue weighted by atomic mass is 35.5. The van der Waals surface area contributed by atoms with Crippen LogP contribution in [-0.4, -0.2) is 51.0 Å². The van der Waals surface area contributed by atoms with Crippen LogP contribution in [0.4, 0.5) is 0 Å². The highest BCUT2D eigenvalue weighted by molar-refractivity contribution is 6.32. The molecule has 0 aromatic heterocycles. The van der Waals surface area contributed by atoms with Gasteiger partial charge in [-0.25, -0.2) is 0 Å². The second-order valence-electron chi connectivity index (χ2n) is 12.2. The molecule has 256 valence electrons. The summed E-state index contributed by atoms with van der Waals surface area (Å²) < 4.78 is 11.5. The summed E-state index contributed by atoms with van der Waals surface area (Å²) in [5, 5.41) is 25.6. The molecule has 8 nitrogen and oxygen atoms in total. The van der Waals surface area contributed by atoms with Crippen molar-refractivity contribution in [1.29, 1.82) is 10.5 Å². The van der Waals surface area contributed by atoms with E-state index in [0.29, 0.717) is 47.2 Å². The SMILES string of the molecule is N#Cc1cccc(CC(=O)Cc2ccc([C@@H]3CNCCO3)cc2Cl)c1.N#Cc1cccc(CC(=O)Cc2ccc([C@H]3CNCCO3)cc2Cl)c1. The van der Waals surface area contributed by atoms with Crippen molar-refractivity contribution in [2.75, 3.05) is 39.4 Å². The molecule has 2 aliphatic rings. The normalized spacial score (nSPS) is 17.0. The number of benzene rings is 4. The monoisotopic (exact) mass is 708 g/mol. The van der Waals surface area contributed by atoms with Crippen molar-refractivity contribution in [3.8, 4) is 12.1 Å². The van der Waals surface area contributed by atoms with E-state index in [4.69, 9.17) is 43.2 Å². The van der Waals surface area contributed by atoms with Crippen LogP contribution in [0.3, 0.4) is 0 Å². The topological polar surface area (TPSA) is 124 Å². The summed E-state index contributed by atoms with van der Waals surface area (Å²) in [5.41, 5.74) is 6.50. The van der Waals surface area contributed by atoms with E-state index in [1.54, 1.807) is 36.4 Å². The first-order valence-electron chi connectivity index (χ1n) is 16.5. The molecule has 2 atom stereocenters. The van der Waals surface area contributed by atoms with E-state index in [1.807, 2.05) is 48.5 Å². The van der Waals surface area contributed by atoms with Gasteiger partial charge in [-0.1, -0.05) is 71.7 Å². The first kappa shape index (κ1) is 36.9.